The maximum absolute atomic E-state index is 13.1. The number of aliphatic carboxylic acids is 1. The molecular formula is C11H12F7NO5. The first kappa shape index (κ1) is 21.9. The number of hydrogen-bond acceptors (Lipinski definition) is 4. The summed E-state index contributed by atoms with van der Waals surface area (Å²) in [4.78, 5) is 33.0. The van der Waals surface area contributed by atoms with Gasteiger partial charge in [0.25, 0.3) is 5.91 Å². The van der Waals surface area contributed by atoms with Gasteiger partial charge < -0.3 is 15.2 Å². The molecule has 0 unspecified atom stereocenters. The molecule has 0 aliphatic carbocycles. The maximum atomic E-state index is 13.1. The molecule has 1 amide bonds. The van der Waals surface area contributed by atoms with Crippen LogP contribution < -0.4 is 5.32 Å². The number of rotatable bonds is 8. The number of carboxylic acids is 1. The van der Waals surface area contributed by atoms with Crippen LogP contribution in [0, 0.1) is 0 Å². The van der Waals surface area contributed by atoms with Crippen molar-refractivity contribution in [3.63, 3.8) is 0 Å². The molecule has 0 aromatic carbocycles. The molecule has 1 atom stereocenters. The molecule has 0 spiro atoms. The van der Waals surface area contributed by atoms with Gasteiger partial charge in [-0.3, -0.25) is 9.59 Å². The van der Waals surface area contributed by atoms with Crippen molar-refractivity contribution in [2.75, 3.05) is 6.61 Å². The van der Waals surface area contributed by atoms with E-state index in [4.69, 9.17) is 5.11 Å². The smallest absolute Gasteiger partial charge is 0.460 e. The topological polar surface area (TPSA) is 92.7 Å². The van der Waals surface area contributed by atoms with E-state index in [1.54, 1.807) is 0 Å². The van der Waals surface area contributed by atoms with Crippen LogP contribution in [0.3, 0.4) is 0 Å². The third-order valence-corrected chi connectivity index (χ3v) is 2.45. The number of amides is 1. The van der Waals surface area contributed by atoms with Crippen LogP contribution >= 0.6 is 0 Å². The number of alkyl halides is 7. The molecule has 140 valence electrons. The van der Waals surface area contributed by atoms with E-state index in [1.165, 1.54) is 6.92 Å². The zero-order valence-corrected chi connectivity index (χ0v) is 11.9. The summed E-state index contributed by atoms with van der Waals surface area (Å²) in [6, 6.07) is -2.36. The van der Waals surface area contributed by atoms with Crippen molar-refractivity contribution in [1.29, 1.82) is 0 Å². The Labute approximate surface area is 129 Å². The number of esters is 1. The second kappa shape index (κ2) is 7.66. The van der Waals surface area contributed by atoms with Crippen LogP contribution in [0.4, 0.5) is 30.7 Å². The van der Waals surface area contributed by atoms with Crippen molar-refractivity contribution in [3.05, 3.63) is 0 Å². The summed E-state index contributed by atoms with van der Waals surface area (Å²) in [6.45, 7) is 1.18. The third kappa shape index (κ3) is 4.96. The summed E-state index contributed by atoms with van der Waals surface area (Å²) < 4.78 is 91.9. The minimum Gasteiger partial charge on any atom is -0.481 e. The fourth-order valence-electron chi connectivity index (χ4n) is 1.24. The molecule has 0 aromatic heterocycles. The molecule has 24 heavy (non-hydrogen) atoms. The van der Waals surface area contributed by atoms with Crippen molar-refractivity contribution in [2.24, 2.45) is 0 Å². The highest BCUT2D eigenvalue weighted by Gasteiger charge is 2.76. The SMILES string of the molecule is CCCOC(=O)[C@H](CC(=O)O)NC(=O)C(F)(F)C(F)(F)C(F)(F)F. The molecule has 0 aromatic rings. The molecule has 0 bridgehead atoms. The minimum atomic E-state index is -6.75. The predicted molar refractivity (Wildman–Crippen MR) is 61.4 cm³/mol. The molecule has 0 aliphatic rings. The van der Waals surface area contributed by atoms with E-state index in [2.05, 4.69) is 4.74 Å². The molecule has 0 fully saturated rings. The molecule has 2 N–H and O–H groups in total. The third-order valence-electron chi connectivity index (χ3n) is 2.45. The number of nitrogens with one attached hydrogen (secondary N) is 1. The highest BCUT2D eigenvalue weighted by atomic mass is 19.4. The lowest BCUT2D eigenvalue weighted by atomic mass is 10.1. The molecule has 6 nitrogen and oxygen atoms in total. The fraction of sp³-hybridized carbons (Fsp3) is 0.727. The van der Waals surface area contributed by atoms with Gasteiger partial charge in [-0.1, -0.05) is 6.92 Å². The highest BCUT2D eigenvalue weighted by Crippen LogP contribution is 2.46. The van der Waals surface area contributed by atoms with Gasteiger partial charge in [0.05, 0.1) is 13.0 Å². The van der Waals surface area contributed by atoms with Gasteiger partial charge >= 0.3 is 30.0 Å². The number of halogens is 7. The molecular weight excluding hydrogens is 359 g/mol. The average Bonchev–Trinajstić information content (AvgIpc) is 2.41. The summed E-state index contributed by atoms with van der Waals surface area (Å²) in [5, 5.41) is 9.34. The average molecular weight is 371 g/mol. The summed E-state index contributed by atoms with van der Waals surface area (Å²) in [7, 11) is 0. The van der Waals surface area contributed by atoms with Crippen LogP contribution in [0.2, 0.25) is 0 Å². The Morgan fingerprint density at radius 3 is 1.96 bits per heavy atom. The van der Waals surface area contributed by atoms with E-state index in [0.717, 1.165) is 5.32 Å². The van der Waals surface area contributed by atoms with E-state index in [1.807, 2.05) is 0 Å². The molecule has 0 aliphatic heterocycles. The van der Waals surface area contributed by atoms with E-state index < -0.39 is 48.3 Å². The summed E-state index contributed by atoms with van der Waals surface area (Å²) >= 11 is 0. The molecule has 0 heterocycles. The molecule has 0 rings (SSSR count). The van der Waals surface area contributed by atoms with Gasteiger partial charge in [0, 0.05) is 0 Å². The lowest BCUT2D eigenvalue weighted by molar-refractivity contribution is -0.344. The lowest BCUT2D eigenvalue weighted by Crippen LogP contribution is -2.61. The van der Waals surface area contributed by atoms with E-state index in [9.17, 15) is 45.1 Å². The Kier molecular flexibility index (Phi) is 7.00. The number of ether oxygens (including phenoxy) is 1. The summed E-state index contributed by atoms with van der Waals surface area (Å²) in [5.41, 5.74) is 0. The maximum Gasteiger partial charge on any atom is 0.460 e. The first-order valence-electron chi connectivity index (χ1n) is 6.20. The van der Waals surface area contributed by atoms with Crippen LogP contribution in [0.25, 0.3) is 0 Å². The van der Waals surface area contributed by atoms with Gasteiger partial charge in [-0.15, -0.1) is 0 Å². The first-order valence-corrected chi connectivity index (χ1v) is 6.20. The van der Waals surface area contributed by atoms with Crippen LogP contribution in [0.15, 0.2) is 0 Å². The molecule has 0 saturated heterocycles. The summed E-state index contributed by atoms with van der Waals surface area (Å²) in [6.07, 6.45) is -7.90. The quantitative estimate of drug-likeness (QED) is 0.501. The van der Waals surface area contributed by atoms with Crippen molar-refractivity contribution < 1.29 is 55.0 Å². The Morgan fingerprint density at radius 1 is 1.08 bits per heavy atom. The van der Waals surface area contributed by atoms with Crippen LogP contribution in [-0.4, -0.2) is 53.6 Å². The van der Waals surface area contributed by atoms with E-state index in [0.29, 0.717) is 0 Å². The van der Waals surface area contributed by atoms with Crippen molar-refractivity contribution in [2.45, 2.75) is 43.8 Å². The Bertz CT molecular complexity index is 492. The first-order chi connectivity index (χ1) is 10.7. The lowest BCUT2D eigenvalue weighted by Gasteiger charge is -2.28. The monoisotopic (exact) mass is 371 g/mol. The van der Waals surface area contributed by atoms with E-state index >= 15 is 0 Å². The van der Waals surface area contributed by atoms with Gasteiger partial charge in [-0.05, 0) is 6.42 Å². The van der Waals surface area contributed by atoms with Gasteiger partial charge in [0.1, 0.15) is 6.04 Å². The second-order valence-corrected chi connectivity index (χ2v) is 4.44. The van der Waals surface area contributed by atoms with Gasteiger partial charge in [-0.2, -0.15) is 30.7 Å². The zero-order chi connectivity index (χ0) is 19.3. The van der Waals surface area contributed by atoms with Crippen LogP contribution in [0.1, 0.15) is 19.8 Å². The van der Waals surface area contributed by atoms with Crippen molar-refractivity contribution >= 4 is 17.8 Å². The van der Waals surface area contributed by atoms with Crippen LogP contribution in [-0.2, 0) is 19.1 Å². The second-order valence-electron chi connectivity index (χ2n) is 4.44. The van der Waals surface area contributed by atoms with Crippen LogP contribution in [0.5, 0.6) is 0 Å². The Hall–Kier alpha value is -2.08. The van der Waals surface area contributed by atoms with Crippen molar-refractivity contribution in [1.82, 2.24) is 5.32 Å². The normalized spacial score (nSPS) is 14.0. The van der Waals surface area contributed by atoms with Gasteiger partial charge in [-0.25, -0.2) is 4.79 Å². The summed E-state index contributed by atoms with van der Waals surface area (Å²) in [5.74, 6) is -19.6. The largest absolute Gasteiger partial charge is 0.481 e. The van der Waals surface area contributed by atoms with Gasteiger partial charge in [0.2, 0.25) is 0 Å². The highest BCUT2D eigenvalue weighted by molar-refractivity contribution is 5.91. The van der Waals surface area contributed by atoms with Crippen molar-refractivity contribution in [3.8, 4) is 0 Å². The fourth-order valence-corrected chi connectivity index (χ4v) is 1.24. The van der Waals surface area contributed by atoms with E-state index in [-0.39, 0.29) is 13.0 Å². The minimum absolute atomic E-state index is 0.210. The number of hydrogen-bond donors (Lipinski definition) is 2. The number of carbonyl (C=O) groups excluding carboxylic acids is 2. The molecule has 13 heteroatoms. The zero-order valence-electron chi connectivity index (χ0n) is 11.9. The number of carbonyl (C=O) groups is 3. The Balaban J connectivity index is 5.37. The Morgan fingerprint density at radius 2 is 1.58 bits per heavy atom. The van der Waals surface area contributed by atoms with Gasteiger partial charge in [0.15, 0.2) is 0 Å². The molecule has 0 radical (unpaired) electrons. The predicted octanol–water partition coefficient (Wildman–Crippen LogP) is 1.73. The standard InChI is InChI=1S/C11H12F7NO5/c1-2-3-24-7(22)5(4-6(20)21)19-8(23)9(12,13)10(14,15)11(16,17)18/h5H,2-4H2,1H3,(H,19,23)(H,20,21)/t5-/m0/s1. The number of carboxylic acid groups (broad SMARTS) is 1. The molecule has 0 saturated carbocycles.